The number of halogens is 1. The zero-order valence-electron chi connectivity index (χ0n) is 17.4. The van der Waals surface area contributed by atoms with Crippen LogP contribution in [0.3, 0.4) is 0 Å². The number of benzene rings is 3. The molecule has 0 heterocycles. The van der Waals surface area contributed by atoms with Crippen molar-refractivity contribution >= 4 is 0 Å². The van der Waals surface area contributed by atoms with Gasteiger partial charge in [0.15, 0.2) is 11.5 Å². The minimum absolute atomic E-state index is 0.138. The zero-order chi connectivity index (χ0) is 21.0. The summed E-state index contributed by atoms with van der Waals surface area (Å²) < 4.78 is 18.9. The monoisotopic (exact) mass is 390 g/mol. The molecule has 3 aromatic rings. The van der Waals surface area contributed by atoms with E-state index in [1.165, 1.54) is 17.7 Å². The lowest BCUT2D eigenvalue weighted by Crippen LogP contribution is -1.96. The van der Waals surface area contributed by atoms with E-state index < -0.39 is 0 Å². The molecule has 0 radical (unpaired) electrons. The molecule has 0 fully saturated rings. The molecule has 0 aliphatic rings. The van der Waals surface area contributed by atoms with Gasteiger partial charge in [-0.25, -0.2) is 4.39 Å². The molecule has 29 heavy (non-hydrogen) atoms. The predicted octanol–water partition coefficient (Wildman–Crippen LogP) is 7.22. The summed E-state index contributed by atoms with van der Waals surface area (Å²) >= 11 is 0. The smallest absolute Gasteiger partial charge is 0.160 e. The highest BCUT2D eigenvalue weighted by molar-refractivity contribution is 5.77. The van der Waals surface area contributed by atoms with Gasteiger partial charge in [-0.3, -0.25) is 0 Å². The first-order valence-corrected chi connectivity index (χ1v) is 9.82. The van der Waals surface area contributed by atoms with Crippen LogP contribution in [-0.4, -0.2) is 11.7 Å². The second kappa shape index (κ2) is 8.95. The van der Waals surface area contributed by atoms with E-state index in [-0.39, 0.29) is 11.6 Å². The molecular formula is C26H27FO2. The summed E-state index contributed by atoms with van der Waals surface area (Å²) in [5.74, 6) is 0.394. The molecule has 0 amide bonds. The third kappa shape index (κ3) is 5.05. The fourth-order valence-electron chi connectivity index (χ4n) is 3.39. The van der Waals surface area contributed by atoms with Crippen molar-refractivity contribution in [1.82, 2.24) is 0 Å². The van der Waals surface area contributed by atoms with E-state index in [0.29, 0.717) is 12.4 Å². The molecule has 0 bridgehead atoms. The Labute approximate surface area is 172 Å². The van der Waals surface area contributed by atoms with Crippen LogP contribution in [0.4, 0.5) is 4.39 Å². The highest BCUT2D eigenvalue weighted by Crippen LogP contribution is 2.36. The van der Waals surface area contributed by atoms with Crippen LogP contribution in [0.5, 0.6) is 11.5 Å². The number of phenols is 1. The zero-order valence-corrected chi connectivity index (χ0v) is 17.4. The number of hydrogen-bond donors (Lipinski definition) is 1. The van der Waals surface area contributed by atoms with E-state index in [0.717, 1.165) is 39.8 Å². The Morgan fingerprint density at radius 3 is 2.07 bits per heavy atom. The van der Waals surface area contributed by atoms with Crippen molar-refractivity contribution in [3.8, 4) is 33.8 Å². The topological polar surface area (TPSA) is 29.5 Å². The van der Waals surface area contributed by atoms with Gasteiger partial charge in [0.2, 0.25) is 0 Å². The molecule has 0 saturated heterocycles. The molecule has 0 aliphatic heterocycles. The van der Waals surface area contributed by atoms with Crippen molar-refractivity contribution in [3.05, 3.63) is 83.2 Å². The number of ether oxygens (including phenoxy) is 1. The van der Waals surface area contributed by atoms with Gasteiger partial charge in [-0.1, -0.05) is 42.0 Å². The summed E-state index contributed by atoms with van der Waals surface area (Å²) in [6.45, 7) is 8.73. The van der Waals surface area contributed by atoms with E-state index in [4.69, 9.17) is 4.74 Å². The van der Waals surface area contributed by atoms with E-state index in [2.05, 4.69) is 32.1 Å². The Balaban J connectivity index is 1.85. The minimum atomic E-state index is -0.238. The molecule has 0 aromatic heterocycles. The molecular weight excluding hydrogens is 363 g/mol. The second-order valence-corrected chi connectivity index (χ2v) is 7.59. The Kier molecular flexibility index (Phi) is 6.38. The SMILES string of the molecule is CC(C)=CCCOc1ccc(-c2cc(C)c(-c3ccc(F)cc3)cc2C)cc1O. The van der Waals surface area contributed by atoms with Crippen LogP contribution in [0.2, 0.25) is 0 Å². The summed E-state index contributed by atoms with van der Waals surface area (Å²) in [6, 6.07) is 16.3. The number of aryl methyl sites for hydroxylation is 2. The van der Waals surface area contributed by atoms with Crippen molar-refractivity contribution in [1.29, 1.82) is 0 Å². The molecule has 150 valence electrons. The Morgan fingerprint density at radius 1 is 0.897 bits per heavy atom. The van der Waals surface area contributed by atoms with Gasteiger partial charge >= 0.3 is 0 Å². The van der Waals surface area contributed by atoms with Crippen LogP contribution < -0.4 is 4.74 Å². The van der Waals surface area contributed by atoms with Gasteiger partial charge in [0.1, 0.15) is 5.82 Å². The molecule has 3 aromatic carbocycles. The minimum Gasteiger partial charge on any atom is -0.504 e. The predicted molar refractivity (Wildman–Crippen MR) is 118 cm³/mol. The quantitative estimate of drug-likeness (QED) is 0.356. The largest absolute Gasteiger partial charge is 0.504 e. The molecule has 3 heteroatoms. The number of phenolic OH excluding ortho intramolecular Hbond substituents is 1. The molecule has 0 spiro atoms. The Bertz CT molecular complexity index is 1030. The van der Waals surface area contributed by atoms with Crippen molar-refractivity contribution in [2.45, 2.75) is 34.1 Å². The first kappa shape index (κ1) is 20.7. The first-order valence-electron chi connectivity index (χ1n) is 9.82. The molecule has 3 rings (SSSR count). The van der Waals surface area contributed by atoms with Gasteiger partial charge in [0, 0.05) is 0 Å². The van der Waals surface area contributed by atoms with Crippen LogP contribution in [0.15, 0.2) is 66.2 Å². The van der Waals surface area contributed by atoms with Gasteiger partial charge < -0.3 is 9.84 Å². The Hall–Kier alpha value is -3.07. The first-order chi connectivity index (χ1) is 13.8. The van der Waals surface area contributed by atoms with E-state index in [9.17, 15) is 9.50 Å². The fraction of sp³-hybridized carbons (Fsp3) is 0.231. The van der Waals surface area contributed by atoms with Crippen LogP contribution >= 0.6 is 0 Å². The number of allylic oxidation sites excluding steroid dienone is 1. The molecule has 1 N–H and O–H groups in total. The van der Waals surface area contributed by atoms with E-state index >= 15 is 0 Å². The average Bonchev–Trinajstić information content (AvgIpc) is 2.68. The Morgan fingerprint density at radius 2 is 1.48 bits per heavy atom. The van der Waals surface area contributed by atoms with Crippen LogP contribution in [0.1, 0.15) is 31.4 Å². The lowest BCUT2D eigenvalue weighted by molar-refractivity contribution is 0.305. The van der Waals surface area contributed by atoms with Gasteiger partial charge in [-0.05, 0) is 91.8 Å². The number of aromatic hydroxyl groups is 1. The lowest BCUT2D eigenvalue weighted by Gasteiger charge is -2.14. The van der Waals surface area contributed by atoms with Crippen molar-refractivity contribution in [2.75, 3.05) is 6.61 Å². The average molecular weight is 390 g/mol. The second-order valence-electron chi connectivity index (χ2n) is 7.59. The number of rotatable bonds is 6. The normalized spacial score (nSPS) is 10.7. The van der Waals surface area contributed by atoms with Crippen molar-refractivity contribution < 1.29 is 14.2 Å². The third-order valence-electron chi connectivity index (χ3n) is 4.92. The molecule has 0 unspecified atom stereocenters. The van der Waals surface area contributed by atoms with Crippen molar-refractivity contribution in [3.63, 3.8) is 0 Å². The van der Waals surface area contributed by atoms with E-state index in [1.54, 1.807) is 18.2 Å². The highest BCUT2D eigenvalue weighted by atomic mass is 19.1. The molecule has 0 atom stereocenters. The summed E-state index contributed by atoms with van der Waals surface area (Å²) in [7, 11) is 0. The fourth-order valence-corrected chi connectivity index (χ4v) is 3.39. The van der Waals surface area contributed by atoms with Gasteiger partial charge in [0.25, 0.3) is 0 Å². The third-order valence-corrected chi connectivity index (χ3v) is 4.92. The maximum absolute atomic E-state index is 13.2. The van der Waals surface area contributed by atoms with Crippen LogP contribution in [0.25, 0.3) is 22.3 Å². The van der Waals surface area contributed by atoms with E-state index in [1.807, 2.05) is 26.0 Å². The maximum atomic E-state index is 13.2. The summed E-state index contributed by atoms with van der Waals surface area (Å²) in [4.78, 5) is 0. The lowest BCUT2D eigenvalue weighted by atomic mass is 9.92. The van der Waals surface area contributed by atoms with Crippen LogP contribution in [-0.2, 0) is 0 Å². The molecule has 0 saturated carbocycles. The van der Waals surface area contributed by atoms with Gasteiger partial charge in [-0.15, -0.1) is 0 Å². The standard InChI is InChI=1S/C26H27FO2/c1-17(2)6-5-13-29-26-12-9-21(16-25(26)28)24-15-18(3)23(14-19(24)4)20-7-10-22(27)11-8-20/h6-12,14-16,28H,5,13H2,1-4H3. The summed E-state index contributed by atoms with van der Waals surface area (Å²) in [5.41, 5.74) is 7.50. The van der Waals surface area contributed by atoms with Crippen molar-refractivity contribution in [2.24, 2.45) is 0 Å². The van der Waals surface area contributed by atoms with Crippen LogP contribution in [0, 0.1) is 19.7 Å². The molecule has 2 nitrogen and oxygen atoms in total. The van der Waals surface area contributed by atoms with Gasteiger partial charge in [0.05, 0.1) is 6.61 Å². The molecule has 0 aliphatic carbocycles. The highest BCUT2D eigenvalue weighted by Gasteiger charge is 2.11. The maximum Gasteiger partial charge on any atom is 0.160 e. The van der Waals surface area contributed by atoms with Gasteiger partial charge in [-0.2, -0.15) is 0 Å². The summed E-state index contributed by atoms with van der Waals surface area (Å²) in [5, 5.41) is 10.4. The number of hydrogen-bond acceptors (Lipinski definition) is 2. The summed E-state index contributed by atoms with van der Waals surface area (Å²) in [6.07, 6.45) is 2.92.